The topological polar surface area (TPSA) is 82.7 Å². The van der Waals surface area contributed by atoms with E-state index in [-0.39, 0.29) is 0 Å². The van der Waals surface area contributed by atoms with Gasteiger partial charge in [-0.1, -0.05) is 6.07 Å². The van der Waals surface area contributed by atoms with Crippen LogP contribution >= 0.6 is 0 Å². The van der Waals surface area contributed by atoms with Crippen molar-refractivity contribution in [3.05, 3.63) is 54.2 Å². The van der Waals surface area contributed by atoms with Crippen LogP contribution in [0.4, 0.5) is 0 Å². The lowest BCUT2D eigenvalue weighted by Crippen LogP contribution is -2.39. The second-order valence-corrected chi connectivity index (χ2v) is 4.43. The van der Waals surface area contributed by atoms with Gasteiger partial charge in [-0.2, -0.15) is 0 Å². The minimum atomic E-state index is -0.710. The molecule has 3 N–H and O–H groups in total. The number of hydrogen-bond donors (Lipinski definition) is 3. The van der Waals surface area contributed by atoms with Gasteiger partial charge in [-0.15, -0.1) is 0 Å². The van der Waals surface area contributed by atoms with Crippen LogP contribution in [0.15, 0.2) is 52.2 Å². The zero-order valence-corrected chi connectivity index (χ0v) is 12.0. The summed E-state index contributed by atoms with van der Waals surface area (Å²) in [4.78, 5) is 8.65. The molecule has 2 aromatic rings. The predicted octanol–water partition coefficient (Wildman–Crippen LogP) is 1.46. The van der Waals surface area contributed by atoms with Crippen LogP contribution in [-0.2, 0) is 6.54 Å². The number of nitrogens with one attached hydrogen (secondary N) is 2. The van der Waals surface area contributed by atoms with E-state index >= 15 is 0 Å². The van der Waals surface area contributed by atoms with Crippen molar-refractivity contribution >= 4 is 5.96 Å². The Bertz CT molecular complexity index is 540. The normalized spacial score (nSPS) is 13.0. The third-order valence-corrected chi connectivity index (χ3v) is 2.80. The van der Waals surface area contributed by atoms with Crippen LogP contribution in [0.2, 0.25) is 0 Å². The van der Waals surface area contributed by atoms with Crippen molar-refractivity contribution in [3.63, 3.8) is 0 Å². The molecular weight excluding hydrogens is 268 g/mol. The smallest absolute Gasteiger partial charge is 0.191 e. The van der Waals surface area contributed by atoms with E-state index in [9.17, 15) is 5.11 Å². The third kappa shape index (κ3) is 4.92. The standard InChI is InChI=1S/C15H20N4O2/c1-2-16-15(18-10-12-6-3-4-8-17-12)19-11-13(20)14-7-5-9-21-14/h3-9,13,20H,2,10-11H2,1H3,(H2,16,18,19). The Hall–Kier alpha value is -2.34. The Morgan fingerprint density at radius 2 is 2.24 bits per heavy atom. The molecule has 6 heteroatoms. The summed E-state index contributed by atoms with van der Waals surface area (Å²) in [6, 6.07) is 9.21. The van der Waals surface area contributed by atoms with Crippen LogP contribution in [0.3, 0.4) is 0 Å². The van der Waals surface area contributed by atoms with Gasteiger partial charge in [-0.05, 0) is 31.2 Å². The van der Waals surface area contributed by atoms with Crippen molar-refractivity contribution in [1.82, 2.24) is 15.6 Å². The van der Waals surface area contributed by atoms with Crippen LogP contribution < -0.4 is 10.6 Å². The van der Waals surface area contributed by atoms with Gasteiger partial charge in [0.05, 0.1) is 25.0 Å². The van der Waals surface area contributed by atoms with Gasteiger partial charge in [0.1, 0.15) is 11.9 Å². The van der Waals surface area contributed by atoms with E-state index in [0.29, 0.717) is 24.8 Å². The lowest BCUT2D eigenvalue weighted by Gasteiger charge is -2.13. The van der Waals surface area contributed by atoms with Gasteiger partial charge >= 0.3 is 0 Å². The molecule has 1 unspecified atom stereocenters. The molecule has 6 nitrogen and oxygen atoms in total. The molecule has 1 atom stereocenters. The highest BCUT2D eigenvalue weighted by molar-refractivity contribution is 5.79. The molecule has 0 aliphatic rings. The summed E-state index contributed by atoms with van der Waals surface area (Å²) in [5, 5.41) is 16.2. The number of aromatic nitrogens is 1. The number of furan rings is 1. The molecule has 0 saturated heterocycles. The van der Waals surface area contributed by atoms with E-state index in [1.165, 1.54) is 0 Å². The van der Waals surface area contributed by atoms with Crippen LogP contribution in [0, 0.1) is 0 Å². The van der Waals surface area contributed by atoms with Gasteiger partial charge in [-0.25, -0.2) is 4.99 Å². The second-order valence-electron chi connectivity index (χ2n) is 4.43. The molecule has 0 aliphatic carbocycles. The lowest BCUT2D eigenvalue weighted by atomic mass is 10.3. The molecule has 2 rings (SSSR count). The Morgan fingerprint density at radius 1 is 1.33 bits per heavy atom. The summed E-state index contributed by atoms with van der Waals surface area (Å²) >= 11 is 0. The largest absolute Gasteiger partial charge is 0.467 e. The minimum absolute atomic E-state index is 0.321. The highest BCUT2D eigenvalue weighted by Crippen LogP contribution is 2.11. The molecule has 0 fully saturated rings. The highest BCUT2D eigenvalue weighted by atomic mass is 16.4. The second kappa shape index (κ2) is 8.06. The molecule has 0 aromatic carbocycles. The summed E-state index contributed by atoms with van der Waals surface area (Å²) in [7, 11) is 0. The fourth-order valence-corrected chi connectivity index (χ4v) is 1.77. The van der Waals surface area contributed by atoms with Crippen LogP contribution in [0.5, 0.6) is 0 Å². The number of nitrogens with zero attached hydrogens (tertiary/aromatic N) is 2. The van der Waals surface area contributed by atoms with Crippen molar-refractivity contribution < 1.29 is 9.52 Å². The first-order chi connectivity index (χ1) is 10.3. The maximum absolute atomic E-state index is 9.96. The van der Waals surface area contributed by atoms with E-state index < -0.39 is 6.10 Å². The molecule has 2 heterocycles. The number of pyridine rings is 1. The Balaban J connectivity index is 1.89. The number of aliphatic hydroxyl groups is 1. The van der Waals surface area contributed by atoms with Crippen molar-refractivity contribution in [1.29, 1.82) is 0 Å². The molecule has 0 radical (unpaired) electrons. The molecule has 112 valence electrons. The van der Waals surface area contributed by atoms with E-state index in [0.717, 1.165) is 12.2 Å². The average molecular weight is 288 g/mol. The fourth-order valence-electron chi connectivity index (χ4n) is 1.77. The van der Waals surface area contributed by atoms with Crippen LogP contribution in [0.25, 0.3) is 0 Å². The van der Waals surface area contributed by atoms with Gasteiger partial charge in [0.2, 0.25) is 0 Å². The zero-order valence-electron chi connectivity index (χ0n) is 12.0. The third-order valence-electron chi connectivity index (χ3n) is 2.80. The SMILES string of the molecule is CCNC(=NCc1ccccn1)NCC(O)c1ccco1. The van der Waals surface area contributed by atoms with Crippen LogP contribution in [0.1, 0.15) is 24.5 Å². The average Bonchev–Trinajstić information content (AvgIpc) is 3.05. The summed E-state index contributed by atoms with van der Waals surface area (Å²) in [6.45, 7) is 3.53. The van der Waals surface area contributed by atoms with Gasteiger partial charge in [0.15, 0.2) is 5.96 Å². The van der Waals surface area contributed by atoms with Crippen LogP contribution in [-0.4, -0.2) is 29.1 Å². The van der Waals surface area contributed by atoms with Gasteiger partial charge in [0, 0.05) is 12.7 Å². The van der Waals surface area contributed by atoms with Crippen molar-refractivity contribution in [3.8, 4) is 0 Å². The molecule has 21 heavy (non-hydrogen) atoms. The van der Waals surface area contributed by atoms with Crippen molar-refractivity contribution in [2.45, 2.75) is 19.6 Å². The van der Waals surface area contributed by atoms with Gasteiger partial charge in [-0.3, -0.25) is 4.98 Å². The quantitative estimate of drug-likeness (QED) is 0.554. The molecule has 0 bridgehead atoms. The molecule has 0 amide bonds. The van der Waals surface area contributed by atoms with Gasteiger partial charge in [0.25, 0.3) is 0 Å². The number of aliphatic hydroxyl groups excluding tert-OH is 1. The molecule has 2 aromatic heterocycles. The summed E-state index contributed by atoms with van der Waals surface area (Å²) in [6.07, 6.45) is 2.57. The first kappa shape index (κ1) is 15.1. The first-order valence-electron chi connectivity index (χ1n) is 6.93. The highest BCUT2D eigenvalue weighted by Gasteiger charge is 2.10. The molecular formula is C15H20N4O2. The number of guanidine groups is 1. The zero-order chi connectivity index (χ0) is 14.9. The Morgan fingerprint density at radius 3 is 2.90 bits per heavy atom. The Labute approximate surface area is 123 Å². The summed E-state index contributed by atoms with van der Waals surface area (Å²) in [5.74, 6) is 1.16. The van der Waals surface area contributed by atoms with Crippen molar-refractivity contribution in [2.75, 3.05) is 13.1 Å². The van der Waals surface area contributed by atoms with E-state index in [4.69, 9.17) is 4.42 Å². The van der Waals surface area contributed by atoms with E-state index in [1.807, 2.05) is 25.1 Å². The summed E-state index contributed by atoms with van der Waals surface area (Å²) in [5.41, 5.74) is 0.890. The fraction of sp³-hybridized carbons (Fsp3) is 0.333. The first-order valence-corrected chi connectivity index (χ1v) is 6.93. The maximum atomic E-state index is 9.96. The molecule has 0 aliphatic heterocycles. The number of rotatable bonds is 6. The number of aliphatic imine (C=N–C) groups is 1. The number of hydrogen-bond acceptors (Lipinski definition) is 4. The maximum Gasteiger partial charge on any atom is 0.191 e. The van der Waals surface area contributed by atoms with Crippen molar-refractivity contribution in [2.24, 2.45) is 4.99 Å². The summed E-state index contributed by atoms with van der Waals surface area (Å²) < 4.78 is 5.16. The minimum Gasteiger partial charge on any atom is -0.467 e. The molecule has 0 saturated carbocycles. The van der Waals surface area contributed by atoms with Gasteiger partial charge < -0.3 is 20.2 Å². The van der Waals surface area contributed by atoms with E-state index in [1.54, 1.807) is 24.6 Å². The lowest BCUT2D eigenvalue weighted by molar-refractivity contribution is 0.153. The van der Waals surface area contributed by atoms with E-state index in [2.05, 4.69) is 20.6 Å². The predicted molar refractivity (Wildman–Crippen MR) is 80.7 cm³/mol. The monoisotopic (exact) mass is 288 g/mol. The molecule has 0 spiro atoms. The Kier molecular flexibility index (Phi) is 5.78.